The average Bonchev–Trinajstić information content (AvgIpc) is 2.89. The van der Waals surface area contributed by atoms with Gasteiger partial charge < -0.3 is 9.88 Å². The highest BCUT2D eigenvalue weighted by molar-refractivity contribution is 5.83. The number of hydrogen-bond acceptors (Lipinski definition) is 3. The number of aromatic nitrogens is 2. The Morgan fingerprint density at radius 3 is 3.06 bits per heavy atom. The first kappa shape index (κ1) is 12.3. The highest BCUT2D eigenvalue weighted by atomic mass is 16.1. The second-order valence-corrected chi connectivity index (χ2v) is 4.92. The van der Waals surface area contributed by atoms with Gasteiger partial charge in [0.2, 0.25) is 0 Å². The van der Waals surface area contributed by atoms with Crippen LogP contribution in [0, 0.1) is 11.8 Å². The molecule has 0 amide bonds. The lowest BCUT2D eigenvalue weighted by Crippen LogP contribution is -2.24. The van der Waals surface area contributed by atoms with Gasteiger partial charge in [-0.1, -0.05) is 13.8 Å². The van der Waals surface area contributed by atoms with Crippen molar-refractivity contribution in [2.75, 3.05) is 13.1 Å². The van der Waals surface area contributed by atoms with Crippen molar-refractivity contribution in [2.45, 2.75) is 33.2 Å². The Kier molecular flexibility index (Phi) is 3.94. The summed E-state index contributed by atoms with van der Waals surface area (Å²) < 4.78 is 2.09. The number of nitrogens with zero attached hydrogens (tertiary/aromatic N) is 2. The van der Waals surface area contributed by atoms with E-state index in [1.165, 1.54) is 0 Å². The summed E-state index contributed by atoms with van der Waals surface area (Å²) in [4.78, 5) is 16.5. The van der Waals surface area contributed by atoms with E-state index in [2.05, 4.69) is 28.7 Å². The Morgan fingerprint density at radius 1 is 1.59 bits per heavy atom. The minimum absolute atomic E-state index is 0.168. The zero-order valence-electron chi connectivity index (χ0n) is 10.6. The molecule has 1 aliphatic heterocycles. The van der Waals surface area contributed by atoms with Crippen molar-refractivity contribution in [1.29, 1.82) is 0 Å². The van der Waals surface area contributed by atoms with Gasteiger partial charge in [-0.3, -0.25) is 4.79 Å². The molecule has 0 aromatic carbocycles. The van der Waals surface area contributed by atoms with Gasteiger partial charge in [0.15, 0.2) is 0 Å². The van der Waals surface area contributed by atoms with E-state index >= 15 is 0 Å². The van der Waals surface area contributed by atoms with Crippen LogP contribution in [0.1, 0.15) is 26.1 Å². The third-order valence-electron chi connectivity index (χ3n) is 3.53. The summed E-state index contributed by atoms with van der Waals surface area (Å²) >= 11 is 0. The van der Waals surface area contributed by atoms with Gasteiger partial charge in [-0.15, -0.1) is 0 Å². The van der Waals surface area contributed by atoms with Gasteiger partial charge >= 0.3 is 0 Å². The number of hydrogen-bond donors (Lipinski definition) is 1. The molecule has 0 aliphatic carbocycles. The topological polar surface area (TPSA) is 46.9 Å². The van der Waals surface area contributed by atoms with E-state index in [1.54, 1.807) is 6.20 Å². The van der Waals surface area contributed by atoms with Crippen LogP contribution in [-0.4, -0.2) is 28.4 Å². The first-order valence-corrected chi connectivity index (χ1v) is 6.45. The molecule has 2 unspecified atom stereocenters. The molecule has 0 radical (unpaired) electrons. The quantitative estimate of drug-likeness (QED) is 0.836. The maximum Gasteiger partial charge on any atom is 0.145 e. The molecule has 17 heavy (non-hydrogen) atoms. The minimum atomic E-state index is 0.168. The molecule has 0 saturated carbocycles. The molecule has 94 valence electrons. The van der Waals surface area contributed by atoms with E-state index in [4.69, 9.17) is 0 Å². The summed E-state index contributed by atoms with van der Waals surface area (Å²) in [6, 6.07) is 0. The predicted octanol–water partition coefficient (Wildman–Crippen LogP) is 1.26. The van der Waals surface area contributed by atoms with E-state index in [-0.39, 0.29) is 5.92 Å². The number of nitrogens with one attached hydrogen (secondary N) is 1. The molecule has 1 aromatic rings. The molecule has 1 fully saturated rings. The molecule has 2 atom stereocenters. The second-order valence-electron chi connectivity index (χ2n) is 4.92. The molecular weight excluding hydrogens is 214 g/mol. The normalized spacial score (nSPS) is 24.1. The SMILES string of the molecule is CCCn1ccnc1CC(=O)C1CNCC1C. The van der Waals surface area contributed by atoms with Crippen LogP contribution in [0.4, 0.5) is 0 Å². The van der Waals surface area contributed by atoms with E-state index in [0.29, 0.717) is 18.1 Å². The van der Waals surface area contributed by atoms with E-state index in [0.717, 1.165) is 31.9 Å². The van der Waals surface area contributed by atoms with Crippen LogP contribution >= 0.6 is 0 Å². The van der Waals surface area contributed by atoms with Crippen LogP contribution in [0.25, 0.3) is 0 Å². The smallest absolute Gasteiger partial charge is 0.145 e. The first-order valence-electron chi connectivity index (χ1n) is 6.45. The summed E-state index contributed by atoms with van der Waals surface area (Å²) in [5, 5.41) is 3.27. The number of ketones is 1. The molecule has 1 aliphatic rings. The van der Waals surface area contributed by atoms with Gasteiger partial charge in [-0.25, -0.2) is 4.98 Å². The molecule has 2 heterocycles. The highest BCUT2D eigenvalue weighted by Crippen LogP contribution is 2.18. The van der Waals surface area contributed by atoms with E-state index < -0.39 is 0 Å². The van der Waals surface area contributed by atoms with Gasteiger partial charge in [0.05, 0.1) is 6.42 Å². The Bertz CT molecular complexity index is 386. The van der Waals surface area contributed by atoms with Crippen molar-refractivity contribution in [3.8, 4) is 0 Å². The lowest BCUT2D eigenvalue weighted by Gasteiger charge is -2.13. The van der Waals surface area contributed by atoms with Crippen molar-refractivity contribution in [3.05, 3.63) is 18.2 Å². The Morgan fingerprint density at radius 2 is 2.41 bits per heavy atom. The Hall–Kier alpha value is -1.16. The van der Waals surface area contributed by atoms with E-state index in [1.807, 2.05) is 6.20 Å². The Labute approximate surface area is 102 Å². The van der Waals surface area contributed by atoms with Crippen molar-refractivity contribution < 1.29 is 4.79 Å². The monoisotopic (exact) mass is 235 g/mol. The van der Waals surface area contributed by atoms with Gasteiger partial charge in [0, 0.05) is 31.4 Å². The number of rotatable bonds is 5. The van der Waals surface area contributed by atoms with Crippen molar-refractivity contribution >= 4 is 5.78 Å². The molecule has 0 spiro atoms. The molecule has 2 rings (SSSR count). The number of aryl methyl sites for hydroxylation is 1. The summed E-state index contributed by atoms with van der Waals surface area (Å²) in [7, 11) is 0. The zero-order valence-corrected chi connectivity index (χ0v) is 10.6. The number of imidazole rings is 1. The summed E-state index contributed by atoms with van der Waals surface area (Å²) in [5.41, 5.74) is 0. The lowest BCUT2D eigenvalue weighted by atomic mass is 9.92. The van der Waals surface area contributed by atoms with Crippen molar-refractivity contribution in [2.24, 2.45) is 11.8 Å². The second kappa shape index (κ2) is 5.45. The molecule has 1 N–H and O–H groups in total. The number of carbonyl (C=O) groups excluding carboxylic acids is 1. The summed E-state index contributed by atoms with van der Waals surface area (Å²) in [6.45, 7) is 7.00. The molecule has 4 nitrogen and oxygen atoms in total. The fourth-order valence-corrected chi connectivity index (χ4v) is 2.48. The molecule has 1 saturated heterocycles. The Balaban J connectivity index is 2.00. The van der Waals surface area contributed by atoms with Crippen molar-refractivity contribution in [3.63, 3.8) is 0 Å². The van der Waals surface area contributed by atoms with Crippen LogP contribution in [0.15, 0.2) is 12.4 Å². The van der Waals surface area contributed by atoms with Gasteiger partial charge in [0.25, 0.3) is 0 Å². The van der Waals surface area contributed by atoms with Crippen LogP contribution < -0.4 is 5.32 Å². The molecule has 4 heteroatoms. The van der Waals surface area contributed by atoms with Crippen LogP contribution in [-0.2, 0) is 17.8 Å². The van der Waals surface area contributed by atoms with Crippen molar-refractivity contribution in [1.82, 2.24) is 14.9 Å². The standard InChI is InChI=1S/C13H21N3O/c1-3-5-16-6-4-15-13(16)7-12(17)11-9-14-8-10(11)2/h4,6,10-11,14H,3,5,7-9H2,1-2H3. The highest BCUT2D eigenvalue weighted by Gasteiger charge is 2.29. The zero-order chi connectivity index (χ0) is 12.3. The third kappa shape index (κ3) is 2.75. The maximum atomic E-state index is 12.2. The molecule has 0 bridgehead atoms. The fraction of sp³-hybridized carbons (Fsp3) is 0.692. The maximum absolute atomic E-state index is 12.2. The summed E-state index contributed by atoms with van der Waals surface area (Å²) in [5.74, 6) is 1.86. The number of carbonyl (C=O) groups is 1. The lowest BCUT2D eigenvalue weighted by molar-refractivity contribution is -0.122. The number of Topliss-reactive ketones (excluding diaryl/α,β-unsaturated/α-hetero) is 1. The third-order valence-corrected chi connectivity index (χ3v) is 3.53. The van der Waals surface area contributed by atoms with Crippen LogP contribution in [0.3, 0.4) is 0 Å². The van der Waals surface area contributed by atoms with E-state index in [9.17, 15) is 4.79 Å². The largest absolute Gasteiger partial charge is 0.335 e. The molecular formula is C13H21N3O. The average molecular weight is 235 g/mol. The minimum Gasteiger partial charge on any atom is -0.335 e. The van der Waals surface area contributed by atoms with Gasteiger partial charge in [-0.05, 0) is 18.9 Å². The first-order chi connectivity index (χ1) is 8.22. The van der Waals surface area contributed by atoms with Gasteiger partial charge in [-0.2, -0.15) is 0 Å². The van der Waals surface area contributed by atoms with Crippen LogP contribution in [0.2, 0.25) is 0 Å². The predicted molar refractivity (Wildman–Crippen MR) is 66.8 cm³/mol. The fourth-order valence-electron chi connectivity index (χ4n) is 2.48. The van der Waals surface area contributed by atoms with Crippen LogP contribution in [0.5, 0.6) is 0 Å². The summed E-state index contributed by atoms with van der Waals surface area (Å²) in [6.07, 6.45) is 5.29. The van der Waals surface area contributed by atoms with Gasteiger partial charge in [0.1, 0.15) is 11.6 Å². The molecule has 1 aromatic heterocycles.